The fourth-order valence-electron chi connectivity index (χ4n) is 1.60. The van der Waals surface area contributed by atoms with Crippen LogP contribution >= 0.6 is 27.5 Å². The van der Waals surface area contributed by atoms with Gasteiger partial charge in [0.2, 0.25) is 0 Å². The predicted molar refractivity (Wildman–Crippen MR) is 83.0 cm³/mol. The highest BCUT2D eigenvalue weighted by atomic mass is 79.9. The Morgan fingerprint density at radius 2 is 1.90 bits per heavy atom. The molecule has 0 spiro atoms. The number of hydrogen-bond acceptors (Lipinski definition) is 3. The second kappa shape index (κ2) is 6.03. The van der Waals surface area contributed by atoms with Crippen molar-refractivity contribution < 1.29 is 13.2 Å². The van der Waals surface area contributed by atoms with Crippen LogP contribution in [0.1, 0.15) is 0 Å². The Hall–Kier alpha value is -1.24. The molecule has 0 heterocycles. The number of nitrogens with one attached hydrogen (secondary N) is 1. The molecule has 0 aliphatic heterocycles. The van der Waals surface area contributed by atoms with E-state index in [9.17, 15) is 8.42 Å². The number of para-hydroxylation sites is 1. The van der Waals surface area contributed by atoms with Crippen LogP contribution in [0.2, 0.25) is 5.02 Å². The minimum atomic E-state index is -3.79. The van der Waals surface area contributed by atoms with Gasteiger partial charge in [-0.1, -0.05) is 39.7 Å². The Kier molecular flexibility index (Phi) is 4.57. The summed E-state index contributed by atoms with van der Waals surface area (Å²) >= 11 is 9.20. The standard InChI is InChI=1S/C13H11BrClNO3S/c1-19-12-7-6-9(14)8-13(12)20(17,18)16-11-5-3-2-4-10(11)15/h2-8,16H,1H3. The molecule has 0 aliphatic carbocycles. The third-order valence-electron chi connectivity index (χ3n) is 2.53. The van der Waals surface area contributed by atoms with Crippen molar-refractivity contribution in [2.24, 2.45) is 0 Å². The molecular weight excluding hydrogens is 366 g/mol. The summed E-state index contributed by atoms with van der Waals surface area (Å²) in [6.45, 7) is 0. The van der Waals surface area contributed by atoms with Crippen LogP contribution < -0.4 is 9.46 Å². The topological polar surface area (TPSA) is 55.4 Å². The van der Waals surface area contributed by atoms with Crippen molar-refractivity contribution in [2.45, 2.75) is 4.90 Å². The van der Waals surface area contributed by atoms with Gasteiger partial charge in [-0.05, 0) is 30.3 Å². The van der Waals surface area contributed by atoms with Crippen molar-refractivity contribution in [1.29, 1.82) is 0 Å². The smallest absolute Gasteiger partial charge is 0.265 e. The molecule has 0 saturated carbocycles. The molecule has 0 aliphatic rings. The molecule has 0 unspecified atom stereocenters. The molecule has 4 nitrogen and oxygen atoms in total. The van der Waals surface area contributed by atoms with E-state index in [1.54, 1.807) is 36.4 Å². The molecule has 106 valence electrons. The van der Waals surface area contributed by atoms with E-state index in [0.29, 0.717) is 15.2 Å². The largest absolute Gasteiger partial charge is 0.495 e. The fraction of sp³-hybridized carbons (Fsp3) is 0.0769. The maximum absolute atomic E-state index is 12.4. The van der Waals surface area contributed by atoms with Crippen molar-refractivity contribution in [1.82, 2.24) is 0 Å². The van der Waals surface area contributed by atoms with E-state index in [2.05, 4.69) is 20.7 Å². The molecule has 7 heteroatoms. The van der Waals surface area contributed by atoms with Crippen molar-refractivity contribution in [3.8, 4) is 5.75 Å². The summed E-state index contributed by atoms with van der Waals surface area (Å²) in [5.41, 5.74) is 0.316. The zero-order chi connectivity index (χ0) is 14.8. The molecule has 0 radical (unpaired) electrons. The zero-order valence-electron chi connectivity index (χ0n) is 10.4. The summed E-state index contributed by atoms with van der Waals surface area (Å²) in [4.78, 5) is 0.0364. The summed E-state index contributed by atoms with van der Waals surface area (Å²) in [6, 6.07) is 11.4. The lowest BCUT2D eigenvalue weighted by molar-refractivity contribution is 0.403. The molecule has 2 aromatic rings. The monoisotopic (exact) mass is 375 g/mol. The lowest BCUT2D eigenvalue weighted by atomic mass is 10.3. The van der Waals surface area contributed by atoms with E-state index in [1.807, 2.05) is 0 Å². The van der Waals surface area contributed by atoms with Crippen molar-refractivity contribution >= 4 is 43.2 Å². The summed E-state index contributed by atoms with van der Waals surface area (Å²) in [5, 5.41) is 0.324. The highest BCUT2D eigenvalue weighted by Gasteiger charge is 2.20. The maximum atomic E-state index is 12.4. The Morgan fingerprint density at radius 1 is 1.20 bits per heavy atom. The van der Waals surface area contributed by atoms with Crippen molar-refractivity contribution in [2.75, 3.05) is 11.8 Å². The number of benzene rings is 2. The van der Waals surface area contributed by atoms with E-state index >= 15 is 0 Å². The van der Waals surface area contributed by atoms with Gasteiger partial charge < -0.3 is 4.74 Å². The molecule has 0 bridgehead atoms. The van der Waals surface area contributed by atoms with Gasteiger partial charge in [-0.2, -0.15) is 0 Å². The predicted octanol–water partition coefficient (Wildman–Crippen LogP) is 3.91. The average molecular weight is 377 g/mol. The minimum Gasteiger partial charge on any atom is -0.495 e. The van der Waals surface area contributed by atoms with Crippen LogP contribution in [0.25, 0.3) is 0 Å². The number of ether oxygens (including phenoxy) is 1. The van der Waals surface area contributed by atoms with E-state index in [1.165, 1.54) is 13.2 Å². The summed E-state index contributed by atoms with van der Waals surface area (Å²) in [6.07, 6.45) is 0. The van der Waals surface area contributed by atoms with Gasteiger partial charge in [0.25, 0.3) is 10.0 Å². The Morgan fingerprint density at radius 3 is 2.55 bits per heavy atom. The number of methoxy groups -OCH3 is 1. The van der Waals surface area contributed by atoms with E-state index in [-0.39, 0.29) is 10.6 Å². The fourth-order valence-corrected chi connectivity index (χ4v) is 3.63. The maximum Gasteiger partial charge on any atom is 0.265 e. The quantitative estimate of drug-likeness (QED) is 0.880. The first-order chi connectivity index (χ1) is 9.44. The summed E-state index contributed by atoms with van der Waals surface area (Å²) < 4.78 is 33.0. The van der Waals surface area contributed by atoms with Crippen LogP contribution in [0.5, 0.6) is 5.75 Å². The Labute approximate surface area is 130 Å². The molecule has 2 rings (SSSR count). The normalized spacial score (nSPS) is 11.2. The van der Waals surface area contributed by atoms with E-state index in [0.717, 1.165) is 0 Å². The summed E-state index contributed by atoms with van der Waals surface area (Å²) in [7, 11) is -2.38. The first kappa shape index (κ1) is 15.2. The van der Waals surface area contributed by atoms with Gasteiger partial charge in [0.05, 0.1) is 17.8 Å². The van der Waals surface area contributed by atoms with Gasteiger partial charge in [0.15, 0.2) is 0 Å². The number of rotatable bonds is 4. The van der Waals surface area contributed by atoms with E-state index < -0.39 is 10.0 Å². The molecular formula is C13H11BrClNO3S. The van der Waals surface area contributed by atoms with Crippen molar-refractivity contribution in [3.63, 3.8) is 0 Å². The number of sulfonamides is 1. The molecule has 0 amide bonds. The van der Waals surface area contributed by atoms with Crippen LogP contribution in [-0.4, -0.2) is 15.5 Å². The van der Waals surface area contributed by atoms with Gasteiger partial charge in [0.1, 0.15) is 10.6 Å². The third kappa shape index (κ3) is 3.26. The lowest BCUT2D eigenvalue weighted by Gasteiger charge is -2.12. The average Bonchev–Trinajstić information content (AvgIpc) is 2.41. The molecule has 1 N–H and O–H groups in total. The molecule has 0 aromatic heterocycles. The van der Waals surface area contributed by atoms with Crippen molar-refractivity contribution in [3.05, 3.63) is 52.0 Å². The molecule has 0 atom stereocenters. The van der Waals surface area contributed by atoms with Crippen LogP contribution in [0.4, 0.5) is 5.69 Å². The second-order valence-electron chi connectivity index (χ2n) is 3.88. The molecule has 2 aromatic carbocycles. The first-order valence-corrected chi connectivity index (χ1v) is 8.20. The molecule has 20 heavy (non-hydrogen) atoms. The van der Waals surface area contributed by atoms with Gasteiger partial charge in [-0.25, -0.2) is 8.42 Å². The number of hydrogen-bond donors (Lipinski definition) is 1. The van der Waals surface area contributed by atoms with Gasteiger partial charge in [-0.15, -0.1) is 0 Å². The minimum absolute atomic E-state index is 0.0364. The highest BCUT2D eigenvalue weighted by molar-refractivity contribution is 9.10. The molecule has 0 fully saturated rings. The van der Waals surface area contributed by atoms with Gasteiger partial charge >= 0.3 is 0 Å². The van der Waals surface area contributed by atoms with Gasteiger partial charge in [-0.3, -0.25) is 4.72 Å². The van der Waals surface area contributed by atoms with E-state index in [4.69, 9.17) is 16.3 Å². The second-order valence-corrected chi connectivity index (χ2v) is 6.85. The lowest BCUT2D eigenvalue weighted by Crippen LogP contribution is -2.14. The van der Waals surface area contributed by atoms with Crippen LogP contribution in [0.15, 0.2) is 51.8 Å². The SMILES string of the molecule is COc1ccc(Br)cc1S(=O)(=O)Nc1ccccc1Cl. The highest BCUT2D eigenvalue weighted by Crippen LogP contribution is 2.30. The summed E-state index contributed by atoms with van der Waals surface area (Å²) in [5.74, 6) is 0.257. The number of anilines is 1. The first-order valence-electron chi connectivity index (χ1n) is 5.55. The molecule has 0 saturated heterocycles. The third-order valence-corrected chi connectivity index (χ3v) is 4.74. The van der Waals surface area contributed by atoms with Crippen LogP contribution in [0.3, 0.4) is 0 Å². The van der Waals surface area contributed by atoms with Gasteiger partial charge in [0, 0.05) is 4.47 Å². The Balaban J connectivity index is 2.46. The van der Waals surface area contributed by atoms with Crippen LogP contribution in [-0.2, 0) is 10.0 Å². The Bertz CT molecular complexity index is 734. The van der Waals surface area contributed by atoms with Crippen LogP contribution in [0, 0.1) is 0 Å². The zero-order valence-corrected chi connectivity index (χ0v) is 13.6. The number of halogens is 2.